The number of hydrogen-bond donors (Lipinski definition) is 8. The Hall–Kier alpha value is -7.10. The summed E-state index contributed by atoms with van der Waals surface area (Å²) in [5.41, 5.74) is 15.9. The van der Waals surface area contributed by atoms with E-state index in [0.29, 0.717) is 55.5 Å². The van der Waals surface area contributed by atoms with Crippen molar-refractivity contribution >= 4 is 164 Å². The summed E-state index contributed by atoms with van der Waals surface area (Å²) < 4.78 is 0. The first-order valence-corrected chi connectivity index (χ1v) is 47.4. The van der Waals surface area contributed by atoms with Gasteiger partial charge in [0.05, 0.1) is 0 Å². The van der Waals surface area contributed by atoms with Gasteiger partial charge in [-0.1, -0.05) is 360 Å². The molecule has 12 aromatic carbocycles. The summed E-state index contributed by atoms with van der Waals surface area (Å²) in [4.78, 5) is 45.9. The molecule has 676 valence electrons. The lowest BCUT2D eigenvalue weighted by Crippen LogP contribution is -1.95. The zero-order valence-corrected chi connectivity index (χ0v) is 86.3. The standard InChI is InChI=1S/2C15H18OS.4C13H12OS.6C5H12/c2*16-10-2-1-5-12-6-3-9-15-13(11-17)7-4-8-14(12)15;2*1-9(14)12-4-2-3-11-6-5-10(8-15)7-13(11)12;2*1-9(14)13-7-10(8-15)6-11-4-2-3-5-12(11)13;6*1-5(2,3)4/h2*3-4,6-9,16-17H,1-2,5,10-11H2;4*2-7,15H,8H2,1H3;6*1-4H3. The van der Waals surface area contributed by atoms with Crippen LogP contribution in [0, 0.1) is 32.5 Å². The lowest BCUT2D eigenvalue weighted by molar-refractivity contribution is 0.101. The van der Waals surface area contributed by atoms with Crippen LogP contribution in [0.25, 0.3) is 64.6 Å². The molecular weight excluding hydrogens is 1630 g/mol. The summed E-state index contributed by atoms with van der Waals surface area (Å²) in [6.45, 7) is 59.5. The van der Waals surface area contributed by atoms with E-state index in [2.05, 4.69) is 327 Å². The molecule has 6 nitrogen and oxygen atoms in total. The van der Waals surface area contributed by atoms with Gasteiger partial charge in [-0.05, 0) is 232 Å². The summed E-state index contributed by atoms with van der Waals surface area (Å²) in [6.07, 6.45) is 5.91. The molecule has 0 aliphatic rings. The Labute approximate surface area is 784 Å². The van der Waals surface area contributed by atoms with Crippen LogP contribution in [0.5, 0.6) is 0 Å². The van der Waals surface area contributed by atoms with Crippen molar-refractivity contribution < 1.29 is 29.4 Å². The topological polar surface area (TPSA) is 109 Å². The maximum atomic E-state index is 11.5. The minimum atomic E-state index is 0.106. The second-order valence-electron chi connectivity index (χ2n) is 40.8. The number of benzene rings is 12. The molecule has 0 fully saturated rings. The highest BCUT2D eigenvalue weighted by molar-refractivity contribution is 7.80. The number of thiol groups is 6. The Balaban J connectivity index is 0.000000698. The monoisotopic (exact) mass is 1790 g/mol. The number of fused-ring (bicyclic) bond motifs is 6. The highest BCUT2D eigenvalue weighted by atomic mass is 32.1. The number of aliphatic hydroxyl groups excluding tert-OH is 2. The fourth-order valence-corrected chi connectivity index (χ4v) is 12.7. The van der Waals surface area contributed by atoms with Gasteiger partial charge in [0.1, 0.15) is 0 Å². The van der Waals surface area contributed by atoms with E-state index in [1.807, 2.05) is 133 Å². The van der Waals surface area contributed by atoms with Crippen LogP contribution in [-0.2, 0) is 47.4 Å². The van der Waals surface area contributed by atoms with E-state index in [-0.39, 0.29) is 36.3 Å². The molecule has 12 heteroatoms. The lowest BCUT2D eigenvalue weighted by Gasteiger charge is -2.09. The maximum absolute atomic E-state index is 11.5. The molecule has 0 aliphatic carbocycles. The first-order valence-electron chi connectivity index (χ1n) is 43.6. The Kier molecular flexibility index (Phi) is 53.4. The van der Waals surface area contributed by atoms with Crippen LogP contribution in [0.2, 0.25) is 0 Å². The van der Waals surface area contributed by atoms with Crippen molar-refractivity contribution in [3.63, 3.8) is 0 Å². The molecule has 0 heterocycles. The van der Waals surface area contributed by atoms with Gasteiger partial charge in [0, 0.05) is 70.0 Å². The summed E-state index contributed by atoms with van der Waals surface area (Å²) in [6, 6.07) is 73.5. The van der Waals surface area contributed by atoms with E-state index in [1.54, 1.807) is 27.7 Å². The predicted molar refractivity (Wildman–Crippen MR) is 571 cm³/mol. The van der Waals surface area contributed by atoms with Crippen LogP contribution < -0.4 is 0 Å². The normalized spacial score (nSPS) is 11.0. The van der Waals surface area contributed by atoms with Gasteiger partial charge in [0.2, 0.25) is 0 Å². The molecule has 0 radical (unpaired) electrons. The molecule has 0 saturated heterocycles. The van der Waals surface area contributed by atoms with E-state index in [4.69, 9.17) is 10.2 Å². The van der Waals surface area contributed by atoms with E-state index >= 15 is 0 Å². The fraction of sp³-hybridized carbons (Fsp3) is 0.429. The molecule has 12 rings (SSSR count). The summed E-state index contributed by atoms with van der Waals surface area (Å²) in [7, 11) is 0. The molecular formula is C112H156O6S6. The molecule has 12 aromatic rings. The minimum Gasteiger partial charge on any atom is -0.396 e. The first kappa shape index (κ1) is 115. The van der Waals surface area contributed by atoms with Crippen LogP contribution in [0.3, 0.4) is 0 Å². The number of Topliss-reactive ketones (excluding diaryl/α,β-unsaturated/α-hetero) is 4. The van der Waals surface area contributed by atoms with Crippen LogP contribution in [0.1, 0.15) is 305 Å². The molecule has 0 spiro atoms. The Morgan fingerprint density at radius 2 is 0.460 bits per heavy atom. The van der Waals surface area contributed by atoms with Crippen LogP contribution in [0.4, 0.5) is 0 Å². The third-order valence-corrected chi connectivity index (χ3v) is 18.4. The minimum absolute atomic E-state index is 0.106. The number of carbonyl (C=O) groups excluding carboxylic acids is 4. The summed E-state index contributed by atoms with van der Waals surface area (Å²) in [5.74, 6) is 4.69. The number of hydrogen-bond acceptors (Lipinski definition) is 12. The Bertz CT molecular complexity index is 4770. The van der Waals surface area contributed by atoms with Crippen LogP contribution in [-0.4, -0.2) is 46.6 Å². The van der Waals surface area contributed by atoms with Crippen LogP contribution in [0.15, 0.2) is 218 Å². The second kappa shape index (κ2) is 57.7. The number of rotatable bonds is 18. The zero-order valence-electron chi connectivity index (χ0n) is 80.9. The second-order valence-corrected chi connectivity index (χ2v) is 42.7. The Morgan fingerprint density at radius 3 is 0.710 bits per heavy atom. The van der Waals surface area contributed by atoms with Gasteiger partial charge in [-0.15, -0.1) is 0 Å². The average molecular weight is 1790 g/mol. The molecule has 0 amide bonds. The number of carbonyl (C=O) groups is 4. The SMILES string of the molecule is CC(=O)c1cc(CS)cc2ccccc12.CC(=O)c1cc(CS)cc2ccccc12.CC(=O)c1cccc2ccc(CS)cc12.CC(=O)c1cccc2ccc(CS)cc12.CC(C)(C)C.CC(C)(C)C.CC(C)(C)C.CC(C)(C)C.CC(C)(C)C.CC(C)(C)C.OCCCCc1cccc2c(CS)cccc12.OCCCCc1cccc2c(CS)cccc12. The van der Waals surface area contributed by atoms with Crippen molar-refractivity contribution in [2.45, 2.75) is 267 Å². The average Bonchev–Trinajstić information content (AvgIpc) is 0.828. The van der Waals surface area contributed by atoms with Gasteiger partial charge < -0.3 is 10.2 Å². The van der Waals surface area contributed by atoms with Gasteiger partial charge in [-0.3, -0.25) is 19.2 Å². The lowest BCUT2D eigenvalue weighted by atomic mass is 9.97. The molecule has 0 aliphatic heterocycles. The van der Waals surface area contributed by atoms with Crippen molar-refractivity contribution in [1.82, 2.24) is 0 Å². The molecule has 0 aromatic heterocycles. The number of ketones is 4. The Morgan fingerprint density at radius 1 is 0.226 bits per heavy atom. The molecule has 0 bridgehead atoms. The number of aryl methyl sites for hydroxylation is 2. The molecule has 2 N–H and O–H groups in total. The number of unbranched alkanes of at least 4 members (excludes halogenated alkanes) is 2. The van der Waals surface area contributed by atoms with Crippen molar-refractivity contribution in [1.29, 1.82) is 0 Å². The molecule has 124 heavy (non-hydrogen) atoms. The van der Waals surface area contributed by atoms with Crippen molar-refractivity contribution in [3.8, 4) is 0 Å². The van der Waals surface area contributed by atoms with E-state index in [1.165, 1.54) is 43.8 Å². The van der Waals surface area contributed by atoms with Gasteiger partial charge in [0.25, 0.3) is 0 Å². The number of aliphatic hydroxyl groups is 2. The van der Waals surface area contributed by atoms with E-state index < -0.39 is 0 Å². The van der Waals surface area contributed by atoms with Crippen molar-refractivity contribution in [2.75, 3.05) is 13.2 Å². The molecule has 0 atom stereocenters. The quantitative estimate of drug-likeness (QED) is 0.0247. The highest BCUT2D eigenvalue weighted by Crippen LogP contribution is 2.30. The third-order valence-electron chi connectivity index (χ3n) is 16.2. The van der Waals surface area contributed by atoms with E-state index in [0.717, 1.165) is 138 Å². The van der Waals surface area contributed by atoms with E-state index in [9.17, 15) is 19.2 Å². The smallest absolute Gasteiger partial charge is 0.160 e. The maximum Gasteiger partial charge on any atom is 0.160 e. The molecule has 0 unspecified atom stereocenters. The predicted octanol–water partition coefficient (Wildman–Crippen LogP) is 33.4. The third kappa shape index (κ3) is 51.0. The van der Waals surface area contributed by atoms with Gasteiger partial charge in [0.15, 0.2) is 23.1 Å². The summed E-state index contributed by atoms with van der Waals surface area (Å²) in [5, 5.41) is 31.5. The van der Waals surface area contributed by atoms with Crippen molar-refractivity contribution in [2.24, 2.45) is 32.5 Å². The van der Waals surface area contributed by atoms with Crippen molar-refractivity contribution in [3.05, 3.63) is 285 Å². The van der Waals surface area contributed by atoms with Crippen LogP contribution >= 0.6 is 75.8 Å². The highest BCUT2D eigenvalue weighted by Gasteiger charge is 2.13. The van der Waals surface area contributed by atoms with Gasteiger partial charge in [-0.25, -0.2) is 0 Å². The summed E-state index contributed by atoms with van der Waals surface area (Å²) >= 11 is 25.7. The zero-order chi connectivity index (χ0) is 94.5. The fourth-order valence-electron chi connectivity index (χ4n) is 11.4. The first-order chi connectivity index (χ1) is 57.6. The van der Waals surface area contributed by atoms with Gasteiger partial charge >= 0.3 is 0 Å². The largest absolute Gasteiger partial charge is 0.396 e. The molecule has 0 saturated carbocycles. The van der Waals surface area contributed by atoms with Gasteiger partial charge in [-0.2, -0.15) is 75.8 Å².